The number of hydrogen-bond acceptors (Lipinski definition) is 3. The monoisotopic (exact) mass is 303 g/mol. The summed E-state index contributed by atoms with van der Waals surface area (Å²) in [4.78, 5) is 13.5. The lowest BCUT2D eigenvalue weighted by Crippen LogP contribution is -2.07. The summed E-state index contributed by atoms with van der Waals surface area (Å²) >= 11 is 3.52. The number of pyridine rings is 1. The summed E-state index contributed by atoms with van der Waals surface area (Å²) in [5, 5.41) is 0. The molecule has 0 saturated carbocycles. The molecule has 2 aromatic rings. The third-order valence-electron chi connectivity index (χ3n) is 3.33. The van der Waals surface area contributed by atoms with Crippen molar-refractivity contribution in [2.24, 2.45) is 0 Å². The van der Waals surface area contributed by atoms with Crippen LogP contribution in [0, 0.1) is 6.92 Å². The normalized spacial score (nSPS) is 14.3. The number of rotatable bonds is 1. The minimum Gasteiger partial charge on any atom is -0.253 e. The van der Waals surface area contributed by atoms with Crippen LogP contribution in [0.25, 0.3) is 11.5 Å². The van der Waals surface area contributed by atoms with E-state index in [4.69, 9.17) is 0 Å². The van der Waals surface area contributed by atoms with Gasteiger partial charge in [-0.15, -0.1) is 0 Å². The Morgan fingerprint density at radius 3 is 2.78 bits per heavy atom. The van der Waals surface area contributed by atoms with Gasteiger partial charge in [-0.3, -0.25) is 4.98 Å². The molecule has 0 aliphatic heterocycles. The van der Waals surface area contributed by atoms with Crippen LogP contribution >= 0.6 is 15.9 Å². The highest BCUT2D eigenvalue weighted by Gasteiger charge is 2.13. The van der Waals surface area contributed by atoms with Gasteiger partial charge >= 0.3 is 0 Å². The van der Waals surface area contributed by atoms with Crippen molar-refractivity contribution in [1.29, 1.82) is 0 Å². The molecule has 92 valence electrons. The zero-order valence-electron chi connectivity index (χ0n) is 10.3. The standard InChI is InChI=1S/C14H14BrN3/c1-9-7-16-13(6-11(9)15)14-17-8-10-4-2-3-5-12(10)18-14/h6-8H,2-5H2,1H3. The topological polar surface area (TPSA) is 38.7 Å². The van der Waals surface area contributed by atoms with Gasteiger partial charge in [0.15, 0.2) is 5.82 Å². The van der Waals surface area contributed by atoms with Crippen LogP contribution in [-0.4, -0.2) is 15.0 Å². The fraction of sp³-hybridized carbons (Fsp3) is 0.357. The van der Waals surface area contributed by atoms with E-state index in [2.05, 4.69) is 30.9 Å². The Balaban J connectivity index is 2.03. The molecule has 18 heavy (non-hydrogen) atoms. The van der Waals surface area contributed by atoms with Crippen LogP contribution in [0.3, 0.4) is 0 Å². The number of hydrogen-bond donors (Lipinski definition) is 0. The number of nitrogens with zero attached hydrogens (tertiary/aromatic N) is 3. The molecular weight excluding hydrogens is 290 g/mol. The molecule has 0 saturated heterocycles. The van der Waals surface area contributed by atoms with Gasteiger partial charge in [-0.1, -0.05) is 15.9 Å². The minimum absolute atomic E-state index is 0.733. The number of aryl methyl sites for hydroxylation is 3. The fourth-order valence-corrected chi connectivity index (χ4v) is 2.54. The molecule has 1 aliphatic carbocycles. The molecule has 0 unspecified atom stereocenters. The zero-order valence-corrected chi connectivity index (χ0v) is 11.9. The van der Waals surface area contributed by atoms with Crippen LogP contribution in [0.4, 0.5) is 0 Å². The fourth-order valence-electron chi connectivity index (χ4n) is 2.22. The van der Waals surface area contributed by atoms with E-state index in [1.54, 1.807) is 0 Å². The predicted octanol–water partition coefficient (Wildman–Crippen LogP) is 3.49. The highest BCUT2D eigenvalue weighted by molar-refractivity contribution is 9.10. The Bertz CT molecular complexity index is 596. The summed E-state index contributed by atoms with van der Waals surface area (Å²) in [7, 11) is 0. The van der Waals surface area contributed by atoms with Gasteiger partial charge in [0.05, 0.1) is 0 Å². The van der Waals surface area contributed by atoms with E-state index in [1.807, 2.05) is 25.4 Å². The molecule has 0 atom stereocenters. The van der Waals surface area contributed by atoms with Crippen molar-refractivity contribution < 1.29 is 0 Å². The van der Waals surface area contributed by atoms with E-state index in [1.165, 1.54) is 24.1 Å². The molecule has 2 heterocycles. The van der Waals surface area contributed by atoms with Crippen molar-refractivity contribution in [3.63, 3.8) is 0 Å². The van der Waals surface area contributed by atoms with E-state index in [0.29, 0.717) is 0 Å². The summed E-state index contributed by atoms with van der Waals surface area (Å²) < 4.78 is 1.05. The number of aromatic nitrogens is 3. The predicted molar refractivity (Wildman–Crippen MR) is 74.3 cm³/mol. The van der Waals surface area contributed by atoms with Gasteiger partial charge in [0, 0.05) is 22.6 Å². The summed E-state index contributed by atoms with van der Waals surface area (Å²) in [5.74, 6) is 0.733. The van der Waals surface area contributed by atoms with Crippen LogP contribution in [0.5, 0.6) is 0 Å². The second-order valence-corrected chi connectivity index (χ2v) is 5.55. The largest absolute Gasteiger partial charge is 0.253 e. The van der Waals surface area contributed by atoms with Crippen LogP contribution in [0.2, 0.25) is 0 Å². The highest BCUT2D eigenvalue weighted by atomic mass is 79.9. The third kappa shape index (κ3) is 2.17. The Labute approximate surface area is 115 Å². The molecule has 0 N–H and O–H groups in total. The minimum atomic E-state index is 0.733. The first-order valence-corrected chi connectivity index (χ1v) is 7.00. The lowest BCUT2D eigenvalue weighted by atomic mass is 9.97. The Hall–Kier alpha value is -1.29. The van der Waals surface area contributed by atoms with Crippen molar-refractivity contribution in [3.05, 3.63) is 39.8 Å². The van der Waals surface area contributed by atoms with Crippen molar-refractivity contribution >= 4 is 15.9 Å². The van der Waals surface area contributed by atoms with E-state index in [-0.39, 0.29) is 0 Å². The number of halogens is 1. The number of fused-ring (bicyclic) bond motifs is 1. The van der Waals surface area contributed by atoms with E-state index < -0.39 is 0 Å². The average Bonchev–Trinajstić information content (AvgIpc) is 2.41. The second kappa shape index (κ2) is 4.76. The third-order valence-corrected chi connectivity index (χ3v) is 4.18. The maximum Gasteiger partial charge on any atom is 0.178 e. The first-order valence-electron chi connectivity index (χ1n) is 6.21. The Kier molecular flexibility index (Phi) is 3.12. The van der Waals surface area contributed by atoms with Crippen LogP contribution in [0.1, 0.15) is 29.7 Å². The van der Waals surface area contributed by atoms with Gasteiger partial charge in [0.1, 0.15) is 5.69 Å². The molecule has 3 nitrogen and oxygen atoms in total. The first kappa shape index (κ1) is 11.8. The van der Waals surface area contributed by atoms with E-state index in [0.717, 1.165) is 34.4 Å². The Morgan fingerprint density at radius 1 is 1.11 bits per heavy atom. The van der Waals surface area contributed by atoms with Gasteiger partial charge in [-0.25, -0.2) is 9.97 Å². The SMILES string of the molecule is Cc1cnc(-c2ncc3c(n2)CCCC3)cc1Br. The molecule has 3 rings (SSSR count). The average molecular weight is 304 g/mol. The second-order valence-electron chi connectivity index (χ2n) is 4.69. The molecule has 0 spiro atoms. The van der Waals surface area contributed by atoms with Gasteiger partial charge in [0.2, 0.25) is 0 Å². The highest BCUT2D eigenvalue weighted by Crippen LogP contribution is 2.24. The lowest BCUT2D eigenvalue weighted by Gasteiger charge is -2.14. The van der Waals surface area contributed by atoms with E-state index in [9.17, 15) is 0 Å². The molecular formula is C14H14BrN3. The molecule has 0 amide bonds. The van der Waals surface area contributed by atoms with Crippen LogP contribution in [-0.2, 0) is 12.8 Å². The lowest BCUT2D eigenvalue weighted by molar-refractivity contribution is 0.663. The zero-order chi connectivity index (χ0) is 12.5. The molecule has 0 bridgehead atoms. The van der Waals surface area contributed by atoms with Crippen molar-refractivity contribution in [2.45, 2.75) is 32.6 Å². The van der Waals surface area contributed by atoms with Gasteiger partial charge in [-0.05, 0) is 49.8 Å². The van der Waals surface area contributed by atoms with Gasteiger partial charge < -0.3 is 0 Å². The summed E-state index contributed by atoms with van der Waals surface area (Å²) in [6.45, 7) is 2.02. The molecule has 0 fully saturated rings. The molecule has 4 heteroatoms. The quantitative estimate of drug-likeness (QED) is 0.809. The van der Waals surface area contributed by atoms with Gasteiger partial charge in [-0.2, -0.15) is 0 Å². The molecule has 0 radical (unpaired) electrons. The Morgan fingerprint density at radius 2 is 1.94 bits per heavy atom. The summed E-state index contributed by atoms with van der Waals surface area (Å²) in [6, 6.07) is 1.99. The van der Waals surface area contributed by atoms with Crippen LogP contribution in [0.15, 0.2) is 22.9 Å². The molecule has 1 aliphatic rings. The summed E-state index contributed by atoms with van der Waals surface area (Å²) in [6.07, 6.45) is 8.48. The first-order chi connectivity index (χ1) is 8.74. The molecule has 0 aromatic carbocycles. The van der Waals surface area contributed by atoms with Crippen molar-refractivity contribution in [2.75, 3.05) is 0 Å². The van der Waals surface area contributed by atoms with E-state index >= 15 is 0 Å². The maximum atomic E-state index is 4.66. The van der Waals surface area contributed by atoms with Gasteiger partial charge in [0.25, 0.3) is 0 Å². The van der Waals surface area contributed by atoms with Crippen molar-refractivity contribution in [3.8, 4) is 11.5 Å². The smallest absolute Gasteiger partial charge is 0.178 e. The summed E-state index contributed by atoms with van der Waals surface area (Å²) in [5.41, 5.74) is 4.46. The maximum absolute atomic E-state index is 4.66. The van der Waals surface area contributed by atoms with Crippen molar-refractivity contribution in [1.82, 2.24) is 15.0 Å². The molecule has 2 aromatic heterocycles. The van der Waals surface area contributed by atoms with Crippen LogP contribution < -0.4 is 0 Å².